The number of rotatable bonds is 6. The summed E-state index contributed by atoms with van der Waals surface area (Å²) >= 11 is 3.72. The van der Waals surface area contributed by atoms with E-state index in [1.807, 2.05) is 0 Å². The molecule has 3 heteroatoms. The Morgan fingerprint density at radius 3 is 2.53 bits per heavy atom. The zero-order chi connectivity index (χ0) is 14.0. The van der Waals surface area contributed by atoms with Gasteiger partial charge in [-0.15, -0.1) is 0 Å². The zero-order valence-corrected chi connectivity index (χ0v) is 14.0. The Labute approximate surface area is 125 Å². The number of nitrogens with one attached hydrogen (secondary N) is 1. The lowest BCUT2D eigenvalue weighted by Crippen LogP contribution is -2.33. The third-order valence-electron chi connectivity index (χ3n) is 4.14. The van der Waals surface area contributed by atoms with Crippen LogP contribution >= 0.6 is 15.9 Å². The Bertz CT molecular complexity index is 427. The standard InChI is InChI=1S/C16H25BrN2/c1-11(2)12(3)19(4)16-8-5-13(9-15(16)17)10-18-14-6-7-14/h5,8-9,11-12,14,18H,6-7,10H2,1-4H3. The van der Waals surface area contributed by atoms with E-state index in [0.29, 0.717) is 12.0 Å². The second kappa shape index (κ2) is 6.27. The Hall–Kier alpha value is -0.540. The van der Waals surface area contributed by atoms with Crippen LogP contribution in [-0.4, -0.2) is 19.1 Å². The lowest BCUT2D eigenvalue weighted by atomic mass is 10.0. The summed E-state index contributed by atoms with van der Waals surface area (Å²) < 4.78 is 1.19. The molecule has 0 saturated heterocycles. The number of hydrogen-bond donors (Lipinski definition) is 1. The largest absolute Gasteiger partial charge is 0.371 e. The minimum Gasteiger partial charge on any atom is -0.371 e. The minimum absolute atomic E-state index is 0.534. The summed E-state index contributed by atoms with van der Waals surface area (Å²) in [6.07, 6.45) is 2.68. The van der Waals surface area contributed by atoms with Gasteiger partial charge >= 0.3 is 0 Å². The van der Waals surface area contributed by atoms with E-state index in [0.717, 1.165) is 12.6 Å². The van der Waals surface area contributed by atoms with Crippen molar-refractivity contribution >= 4 is 21.6 Å². The molecule has 0 bridgehead atoms. The zero-order valence-electron chi connectivity index (χ0n) is 12.4. The molecule has 2 nitrogen and oxygen atoms in total. The minimum atomic E-state index is 0.534. The molecule has 1 N–H and O–H groups in total. The first-order valence-corrected chi connectivity index (χ1v) is 8.03. The SMILES string of the molecule is CC(C)C(C)N(C)c1ccc(CNC2CC2)cc1Br. The number of nitrogens with zero attached hydrogens (tertiary/aromatic N) is 1. The van der Waals surface area contributed by atoms with Crippen molar-refractivity contribution in [2.45, 2.75) is 52.2 Å². The van der Waals surface area contributed by atoms with Gasteiger partial charge in [-0.05, 0) is 59.3 Å². The van der Waals surface area contributed by atoms with E-state index >= 15 is 0 Å². The number of anilines is 1. The molecule has 1 atom stereocenters. The number of hydrogen-bond acceptors (Lipinski definition) is 2. The second-order valence-corrected chi connectivity index (χ2v) is 6.89. The van der Waals surface area contributed by atoms with Crippen LogP contribution in [0.4, 0.5) is 5.69 Å². The molecule has 0 radical (unpaired) electrons. The highest BCUT2D eigenvalue weighted by Gasteiger charge is 2.20. The number of benzene rings is 1. The smallest absolute Gasteiger partial charge is 0.0510 e. The van der Waals surface area contributed by atoms with Gasteiger partial charge in [-0.1, -0.05) is 19.9 Å². The lowest BCUT2D eigenvalue weighted by molar-refractivity contribution is 0.505. The maximum atomic E-state index is 3.72. The van der Waals surface area contributed by atoms with E-state index in [1.54, 1.807) is 0 Å². The monoisotopic (exact) mass is 324 g/mol. The van der Waals surface area contributed by atoms with Gasteiger partial charge in [-0.2, -0.15) is 0 Å². The predicted molar refractivity (Wildman–Crippen MR) is 86.7 cm³/mol. The molecule has 2 rings (SSSR count). The van der Waals surface area contributed by atoms with Crippen molar-refractivity contribution in [3.63, 3.8) is 0 Å². The first-order valence-electron chi connectivity index (χ1n) is 7.23. The predicted octanol–water partition coefficient (Wildman–Crippen LogP) is 4.18. The highest BCUT2D eigenvalue weighted by Crippen LogP contribution is 2.29. The summed E-state index contributed by atoms with van der Waals surface area (Å²) in [6.45, 7) is 7.79. The van der Waals surface area contributed by atoms with E-state index < -0.39 is 0 Å². The summed E-state index contributed by atoms with van der Waals surface area (Å²) in [5.74, 6) is 0.646. The third-order valence-corrected chi connectivity index (χ3v) is 4.78. The van der Waals surface area contributed by atoms with E-state index in [2.05, 4.69) is 72.2 Å². The Morgan fingerprint density at radius 1 is 1.32 bits per heavy atom. The van der Waals surface area contributed by atoms with Gasteiger partial charge in [-0.25, -0.2) is 0 Å². The molecule has 1 aliphatic carbocycles. The summed E-state index contributed by atoms with van der Waals surface area (Å²) in [4.78, 5) is 2.35. The molecular formula is C16H25BrN2. The molecule has 1 unspecified atom stereocenters. The molecular weight excluding hydrogens is 300 g/mol. The van der Waals surface area contributed by atoms with Gasteiger partial charge in [0.25, 0.3) is 0 Å². The van der Waals surface area contributed by atoms with Crippen molar-refractivity contribution in [1.29, 1.82) is 0 Å². The van der Waals surface area contributed by atoms with Gasteiger partial charge in [0.15, 0.2) is 0 Å². The van der Waals surface area contributed by atoms with E-state index in [1.165, 1.54) is 28.6 Å². The van der Waals surface area contributed by atoms with Gasteiger partial charge in [-0.3, -0.25) is 0 Å². The maximum absolute atomic E-state index is 3.72. The van der Waals surface area contributed by atoms with Crippen LogP contribution in [0, 0.1) is 5.92 Å². The van der Waals surface area contributed by atoms with Crippen LogP contribution in [0.2, 0.25) is 0 Å². The molecule has 19 heavy (non-hydrogen) atoms. The summed E-state index contributed by atoms with van der Waals surface area (Å²) in [6, 6.07) is 8.01. The number of halogens is 1. The van der Waals surface area contributed by atoms with Crippen molar-refractivity contribution in [3.05, 3.63) is 28.2 Å². The van der Waals surface area contributed by atoms with Crippen LogP contribution in [0.25, 0.3) is 0 Å². The average molecular weight is 325 g/mol. The van der Waals surface area contributed by atoms with Gasteiger partial charge in [0, 0.05) is 30.1 Å². The molecule has 1 aromatic rings. The molecule has 0 spiro atoms. The van der Waals surface area contributed by atoms with Crippen molar-refractivity contribution in [2.24, 2.45) is 5.92 Å². The van der Waals surface area contributed by atoms with Crippen LogP contribution in [0.5, 0.6) is 0 Å². The second-order valence-electron chi connectivity index (χ2n) is 6.04. The molecule has 0 amide bonds. The quantitative estimate of drug-likeness (QED) is 0.844. The molecule has 1 aromatic carbocycles. The summed E-state index contributed by atoms with van der Waals surface area (Å²) in [7, 11) is 2.17. The van der Waals surface area contributed by atoms with Crippen LogP contribution in [-0.2, 0) is 6.54 Å². The van der Waals surface area contributed by atoms with Crippen molar-refractivity contribution in [2.75, 3.05) is 11.9 Å². The van der Waals surface area contributed by atoms with Gasteiger partial charge < -0.3 is 10.2 Å². The van der Waals surface area contributed by atoms with Crippen molar-refractivity contribution in [3.8, 4) is 0 Å². The molecule has 106 valence electrons. The van der Waals surface area contributed by atoms with E-state index in [9.17, 15) is 0 Å². The fourth-order valence-corrected chi connectivity index (χ4v) is 2.87. The van der Waals surface area contributed by atoms with E-state index in [-0.39, 0.29) is 0 Å². The van der Waals surface area contributed by atoms with Gasteiger partial charge in [0.1, 0.15) is 0 Å². The first kappa shape index (κ1) is 14.9. The molecule has 0 aromatic heterocycles. The first-order chi connectivity index (χ1) is 8.99. The fraction of sp³-hybridized carbons (Fsp3) is 0.625. The van der Waals surface area contributed by atoms with Crippen LogP contribution in [0.3, 0.4) is 0 Å². The molecule has 1 aliphatic rings. The normalized spacial score (nSPS) is 16.7. The maximum Gasteiger partial charge on any atom is 0.0510 e. The van der Waals surface area contributed by atoms with Crippen LogP contribution < -0.4 is 10.2 Å². The molecule has 1 fully saturated rings. The lowest BCUT2D eigenvalue weighted by Gasteiger charge is -2.31. The Balaban J connectivity index is 2.04. The van der Waals surface area contributed by atoms with Crippen molar-refractivity contribution in [1.82, 2.24) is 5.32 Å². The Morgan fingerprint density at radius 2 is 2.00 bits per heavy atom. The topological polar surface area (TPSA) is 15.3 Å². The fourth-order valence-electron chi connectivity index (χ4n) is 2.16. The van der Waals surface area contributed by atoms with Gasteiger partial charge in [0.2, 0.25) is 0 Å². The van der Waals surface area contributed by atoms with Gasteiger partial charge in [0.05, 0.1) is 5.69 Å². The van der Waals surface area contributed by atoms with Crippen LogP contribution in [0.1, 0.15) is 39.2 Å². The van der Waals surface area contributed by atoms with Crippen molar-refractivity contribution < 1.29 is 0 Å². The van der Waals surface area contributed by atoms with Crippen LogP contribution in [0.15, 0.2) is 22.7 Å². The summed E-state index contributed by atoms with van der Waals surface area (Å²) in [5.41, 5.74) is 2.63. The molecule has 1 saturated carbocycles. The third kappa shape index (κ3) is 3.96. The highest BCUT2D eigenvalue weighted by atomic mass is 79.9. The molecule has 0 heterocycles. The van der Waals surface area contributed by atoms with E-state index in [4.69, 9.17) is 0 Å². The highest BCUT2D eigenvalue weighted by molar-refractivity contribution is 9.10. The summed E-state index contributed by atoms with van der Waals surface area (Å²) in [5, 5.41) is 3.56. The average Bonchev–Trinajstić information content (AvgIpc) is 3.18. The Kier molecular flexibility index (Phi) is 4.91. The molecule has 0 aliphatic heterocycles.